The summed E-state index contributed by atoms with van der Waals surface area (Å²) in [6, 6.07) is 1.62. The van der Waals surface area contributed by atoms with Gasteiger partial charge in [0.15, 0.2) is 0 Å². The molecule has 2 aromatic rings. The summed E-state index contributed by atoms with van der Waals surface area (Å²) in [5.74, 6) is 0.686. The number of aliphatic hydroxyl groups is 1. The average molecular weight is 509 g/mol. The van der Waals surface area contributed by atoms with Gasteiger partial charge in [0, 0.05) is 25.9 Å². The molecule has 184 valence electrons. The first-order valence-electron chi connectivity index (χ1n) is 11.5. The number of aromatic nitrogens is 2. The minimum Gasteiger partial charge on any atom is -0.390 e. The maximum Gasteiger partial charge on any atom is 0.335 e. The first kappa shape index (κ1) is 23.8. The molecule has 34 heavy (non-hydrogen) atoms. The van der Waals surface area contributed by atoms with Crippen LogP contribution in [-0.2, 0) is 24.8 Å². The summed E-state index contributed by atoms with van der Waals surface area (Å²) in [6.07, 6.45) is 5.80. The van der Waals surface area contributed by atoms with E-state index in [9.17, 15) is 18.3 Å². The van der Waals surface area contributed by atoms with Crippen molar-refractivity contribution in [3.05, 3.63) is 40.0 Å². The molecule has 3 heterocycles. The molecule has 10 nitrogen and oxygen atoms in total. The lowest BCUT2D eigenvalue weighted by atomic mass is 9.87. The van der Waals surface area contributed by atoms with Crippen molar-refractivity contribution in [2.75, 3.05) is 19.0 Å². The molecule has 2 aliphatic carbocycles. The molecule has 0 aromatic carbocycles. The molecule has 0 bridgehead atoms. The van der Waals surface area contributed by atoms with E-state index in [1.807, 2.05) is 11.4 Å². The van der Waals surface area contributed by atoms with Gasteiger partial charge in [0.2, 0.25) is 5.78 Å². The number of nitrogens with zero attached hydrogens (tertiary/aromatic N) is 2. The van der Waals surface area contributed by atoms with Crippen LogP contribution in [0.25, 0.3) is 0 Å². The number of carbonyl (C=O) groups excluding carboxylic acids is 1. The Morgan fingerprint density at radius 1 is 1.35 bits per heavy atom. The van der Waals surface area contributed by atoms with Gasteiger partial charge in [-0.25, -0.2) is 9.97 Å². The first-order chi connectivity index (χ1) is 16.3. The van der Waals surface area contributed by atoms with E-state index in [1.165, 1.54) is 30.9 Å². The summed E-state index contributed by atoms with van der Waals surface area (Å²) < 4.78 is 36.7. The van der Waals surface area contributed by atoms with Crippen molar-refractivity contribution in [2.45, 2.75) is 62.4 Å². The summed E-state index contributed by atoms with van der Waals surface area (Å²) in [7, 11) is -2.69. The molecule has 2 aromatic heterocycles. The maximum atomic E-state index is 13.4. The number of hydrogen-bond donors (Lipinski definition) is 3. The van der Waals surface area contributed by atoms with Gasteiger partial charge in [-0.15, -0.1) is 11.3 Å². The molecule has 1 saturated heterocycles. The second-order valence-corrected chi connectivity index (χ2v) is 11.5. The molecule has 3 N–H and O–H groups in total. The van der Waals surface area contributed by atoms with Crippen LogP contribution in [0, 0.1) is 5.92 Å². The van der Waals surface area contributed by atoms with Gasteiger partial charge in [-0.2, -0.15) is 13.1 Å². The van der Waals surface area contributed by atoms with Crippen molar-refractivity contribution in [1.82, 2.24) is 14.7 Å². The molecule has 2 saturated carbocycles. The molecule has 0 amide bonds. The van der Waals surface area contributed by atoms with Gasteiger partial charge in [-0.05, 0) is 61.5 Å². The molecular formula is C22H28N4O6S2. The SMILES string of the molecule is CNS(=O)(=O)O[C@@H]1C[C@H](Nc2ncncc2C(=O)c2cc([C@]3(C4CC4)CCCO3)cs2)C[C@@H]1O. The highest BCUT2D eigenvalue weighted by atomic mass is 32.2. The summed E-state index contributed by atoms with van der Waals surface area (Å²) in [5.41, 5.74) is 1.15. The highest BCUT2D eigenvalue weighted by molar-refractivity contribution is 7.84. The zero-order valence-electron chi connectivity index (χ0n) is 18.8. The number of ketones is 1. The third kappa shape index (κ3) is 4.62. The number of thiophene rings is 1. The van der Waals surface area contributed by atoms with Gasteiger partial charge in [-0.3, -0.25) is 8.98 Å². The number of ether oxygens (including phenoxy) is 1. The monoisotopic (exact) mass is 508 g/mol. The second kappa shape index (κ2) is 9.25. The van der Waals surface area contributed by atoms with Crippen LogP contribution < -0.4 is 10.0 Å². The largest absolute Gasteiger partial charge is 0.390 e. The molecular weight excluding hydrogens is 480 g/mol. The van der Waals surface area contributed by atoms with Crippen LogP contribution in [0.3, 0.4) is 0 Å². The zero-order valence-corrected chi connectivity index (χ0v) is 20.4. The van der Waals surface area contributed by atoms with E-state index >= 15 is 0 Å². The smallest absolute Gasteiger partial charge is 0.335 e. The van der Waals surface area contributed by atoms with E-state index in [0.717, 1.165) is 37.9 Å². The van der Waals surface area contributed by atoms with E-state index in [0.29, 0.717) is 22.2 Å². The van der Waals surface area contributed by atoms with Crippen LogP contribution in [0.15, 0.2) is 24.0 Å². The van der Waals surface area contributed by atoms with Gasteiger partial charge in [-0.1, -0.05) is 0 Å². The number of anilines is 1. The summed E-state index contributed by atoms with van der Waals surface area (Å²) in [5, 5.41) is 15.5. The van der Waals surface area contributed by atoms with E-state index in [-0.39, 0.29) is 30.3 Å². The fraction of sp³-hybridized carbons (Fsp3) is 0.591. The summed E-state index contributed by atoms with van der Waals surface area (Å²) >= 11 is 1.40. The predicted octanol–water partition coefficient (Wildman–Crippen LogP) is 1.97. The second-order valence-electron chi connectivity index (χ2n) is 9.10. The first-order valence-corrected chi connectivity index (χ1v) is 13.7. The minimum absolute atomic E-state index is 0.188. The summed E-state index contributed by atoms with van der Waals surface area (Å²) in [4.78, 5) is 22.3. The lowest BCUT2D eigenvalue weighted by Crippen LogP contribution is -2.31. The third-order valence-electron chi connectivity index (χ3n) is 6.87. The van der Waals surface area contributed by atoms with Gasteiger partial charge in [0.1, 0.15) is 18.2 Å². The van der Waals surface area contributed by atoms with Gasteiger partial charge < -0.3 is 15.2 Å². The summed E-state index contributed by atoms with van der Waals surface area (Å²) in [6.45, 7) is 0.754. The number of rotatable bonds is 9. The highest BCUT2D eigenvalue weighted by Crippen LogP contribution is 2.54. The number of aliphatic hydroxyl groups excluding tert-OH is 1. The van der Waals surface area contributed by atoms with Gasteiger partial charge in [0.25, 0.3) is 0 Å². The standard InChI is InChI=1S/C22H28N4O6S2/c1-23-34(29,30)32-18-9-15(8-17(18)27)26-21-16(10-24-12-25-21)20(28)19-7-14(11-33-19)22(13-3-4-13)5-2-6-31-22/h7,10-13,15,17-18,23,27H,2-6,8-9H2,1H3,(H,24,25,26)/t15-,17+,18-,22-/m1/s1. The lowest BCUT2D eigenvalue weighted by molar-refractivity contribution is -0.0190. The van der Waals surface area contributed by atoms with Crippen molar-refractivity contribution in [2.24, 2.45) is 5.92 Å². The Hall–Kier alpha value is -1.96. The Balaban J connectivity index is 1.32. The Bertz CT molecular complexity index is 1160. The van der Waals surface area contributed by atoms with E-state index in [2.05, 4.69) is 20.0 Å². The van der Waals surface area contributed by atoms with E-state index < -0.39 is 22.5 Å². The topological polar surface area (TPSA) is 140 Å². The van der Waals surface area contributed by atoms with Crippen LogP contribution >= 0.6 is 11.3 Å². The molecule has 12 heteroatoms. The number of carbonyl (C=O) groups is 1. The predicted molar refractivity (Wildman–Crippen MR) is 125 cm³/mol. The van der Waals surface area contributed by atoms with Crippen LogP contribution in [0.2, 0.25) is 0 Å². The van der Waals surface area contributed by atoms with Crippen molar-refractivity contribution in [3.8, 4) is 0 Å². The molecule has 3 fully saturated rings. The fourth-order valence-electron chi connectivity index (χ4n) is 5.02. The number of nitrogens with one attached hydrogen (secondary N) is 2. The van der Waals surface area contributed by atoms with Crippen LogP contribution in [0.5, 0.6) is 0 Å². The molecule has 5 rings (SSSR count). The van der Waals surface area contributed by atoms with E-state index in [1.54, 1.807) is 0 Å². The Labute approximate surface area is 202 Å². The Morgan fingerprint density at radius 3 is 2.88 bits per heavy atom. The van der Waals surface area contributed by atoms with Crippen LogP contribution in [-0.4, -0.2) is 61.2 Å². The van der Waals surface area contributed by atoms with E-state index in [4.69, 9.17) is 8.92 Å². The highest BCUT2D eigenvalue weighted by Gasteiger charge is 2.50. The molecule has 0 radical (unpaired) electrons. The van der Waals surface area contributed by atoms with Crippen LogP contribution in [0.1, 0.15) is 59.3 Å². The fourth-order valence-corrected chi connectivity index (χ4v) is 6.58. The average Bonchev–Trinajstić information content (AvgIpc) is 3.21. The molecule has 4 atom stereocenters. The lowest BCUT2D eigenvalue weighted by Gasteiger charge is -2.27. The van der Waals surface area contributed by atoms with Gasteiger partial charge >= 0.3 is 10.3 Å². The van der Waals surface area contributed by atoms with Crippen molar-refractivity contribution in [1.29, 1.82) is 0 Å². The zero-order chi connectivity index (χ0) is 23.9. The van der Waals surface area contributed by atoms with Crippen molar-refractivity contribution >= 4 is 33.2 Å². The van der Waals surface area contributed by atoms with Crippen molar-refractivity contribution in [3.63, 3.8) is 0 Å². The maximum absolute atomic E-state index is 13.4. The molecule has 0 unspecified atom stereocenters. The molecule has 0 spiro atoms. The molecule has 3 aliphatic rings. The quantitative estimate of drug-likeness (QED) is 0.434. The normalized spacial score (nSPS) is 29.4. The molecule has 1 aliphatic heterocycles. The minimum atomic E-state index is -3.93. The third-order valence-corrected chi connectivity index (χ3v) is 8.80. The number of hydrogen-bond acceptors (Lipinski definition) is 10. The Morgan fingerprint density at radius 2 is 2.18 bits per heavy atom. The van der Waals surface area contributed by atoms with Crippen molar-refractivity contribution < 1.29 is 27.2 Å². The Kier molecular flexibility index (Phi) is 6.46. The van der Waals surface area contributed by atoms with Gasteiger partial charge in [0.05, 0.1) is 22.1 Å². The van der Waals surface area contributed by atoms with Crippen LogP contribution in [0.4, 0.5) is 5.82 Å².